The Labute approximate surface area is 79.7 Å². The van der Waals surface area contributed by atoms with E-state index in [1.54, 1.807) is 0 Å². The van der Waals surface area contributed by atoms with Crippen molar-refractivity contribution in [3.8, 4) is 0 Å². The summed E-state index contributed by atoms with van der Waals surface area (Å²) in [4.78, 5) is 0. The predicted molar refractivity (Wildman–Crippen MR) is 42.4 cm³/mol. The molecule has 2 rings (SSSR count). The van der Waals surface area contributed by atoms with E-state index in [1.807, 2.05) is 0 Å². The van der Waals surface area contributed by atoms with Crippen LogP contribution in [0.15, 0.2) is 10.2 Å². The van der Waals surface area contributed by atoms with Gasteiger partial charge in [-0.05, 0) is 0 Å². The quantitative estimate of drug-likeness (QED) is 0.401. The van der Waals surface area contributed by atoms with Crippen molar-refractivity contribution in [3.05, 3.63) is 0 Å². The Kier molecular flexibility index (Phi) is 2.50. The number of nitrogens with zero attached hydrogens (tertiary/aromatic N) is 2. The molecule has 0 bridgehead atoms. The first kappa shape index (κ1) is 9.94. The lowest BCUT2D eigenvalue weighted by Crippen LogP contribution is -2.59. The van der Waals surface area contributed by atoms with Crippen molar-refractivity contribution < 1.29 is 25.2 Å². The van der Waals surface area contributed by atoms with Crippen LogP contribution in [-0.2, 0) is 4.74 Å². The third-order valence-electron chi connectivity index (χ3n) is 2.47. The van der Waals surface area contributed by atoms with Crippen LogP contribution < -0.4 is 0 Å². The lowest BCUT2D eigenvalue weighted by Gasteiger charge is -2.39. The van der Waals surface area contributed by atoms with E-state index in [9.17, 15) is 15.3 Å². The minimum atomic E-state index is -1.34. The van der Waals surface area contributed by atoms with Gasteiger partial charge in [-0.3, -0.25) is 0 Å². The lowest BCUT2D eigenvalue weighted by atomic mass is 9.94. The summed E-state index contributed by atoms with van der Waals surface area (Å²) in [6.07, 6.45) is -6.01. The molecule has 1 saturated heterocycles. The molecule has 14 heavy (non-hydrogen) atoms. The third kappa shape index (κ3) is 1.53. The van der Waals surface area contributed by atoms with Crippen molar-refractivity contribution >= 4 is 0 Å². The van der Waals surface area contributed by atoms with E-state index in [2.05, 4.69) is 10.2 Å². The van der Waals surface area contributed by atoms with Crippen LogP contribution >= 0.6 is 0 Å². The van der Waals surface area contributed by atoms with E-state index in [1.165, 1.54) is 0 Å². The maximum atomic E-state index is 9.49. The molecule has 1 fully saturated rings. The Morgan fingerprint density at radius 1 is 1.00 bits per heavy atom. The topological polar surface area (TPSA) is 115 Å². The fourth-order valence-electron chi connectivity index (χ4n) is 1.55. The fraction of sp³-hybridized carbons (Fsp3) is 1.00. The normalized spacial score (nSPS) is 48.1. The van der Waals surface area contributed by atoms with E-state index in [4.69, 9.17) is 9.84 Å². The van der Waals surface area contributed by atoms with Crippen LogP contribution in [0.25, 0.3) is 0 Å². The molecule has 0 saturated carbocycles. The molecule has 4 N–H and O–H groups in total. The Bertz CT molecular complexity index is 240. The zero-order valence-corrected chi connectivity index (χ0v) is 7.26. The second kappa shape index (κ2) is 3.52. The Morgan fingerprint density at radius 3 is 2.14 bits per heavy atom. The van der Waals surface area contributed by atoms with Crippen molar-refractivity contribution in [1.82, 2.24) is 0 Å². The first-order valence-electron chi connectivity index (χ1n) is 4.35. The molecule has 5 atom stereocenters. The number of rotatable bonds is 2. The average molecular weight is 204 g/mol. The summed E-state index contributed by atoms with van der Waals surface area (Å²) in [6, 6.07) is 0. The van der Waals surface area contributed by atoms with E-state index in [-0.39, 0.29) is 0 Å². The average Bonchev–Trinajstić information content (AvgIpc) is 2.98. The predicted octanol–water partition coefficient (Wildman–Crippen LogP) is -2.38. The minimum absolute atomic E-state index is 0.422. The Hall–Kier alpha value is -0.600. The summed E-state index contributed by atoms with van der Waals surface area (Å²) in [5, 5.41) is 44.3. The molecule has 1 unspecified atom stereocenters. The summed E-state index contributed by atoms with van der Waals surface area (Å²) < 4.78 is 5.16. The van der Waals surface area contributed by atoms with Gasteiger partial charge in [0, 0.05) is 0 Å². The zero-order chi connectivity index (χ0) is 10.3. The maximum absolute atomic E-state index is 9.49. The first-order chi connectivity index (χ1) is 6.65. The van der Waals surface area contributed by atoms with Crippen molar-refractivity contribution in [3.63, 3.8) is 0 Å². The Morgan fingerprint density at radius 2 is 1.64 bits per heavy atom. The largest absolute Gasteiger partial charge is 0.394 e. The summed E-state index contributed by atoms with van der Waals surface area (Å²) in [5.41, 5.74) is 0. The molecule has 0 radical (unpaired) electrons. The number of ether oxygens (including phenoxy) is 1. The SMILES string of the molecule is OC[C@H]1OC(C2N=N2)[C@H](O)[C@@H](O)[C@@H]1O. The highest BCUT2D eigenvalue weighted by atomic mass is 16.5. The van der Waals surface area contributed by atoms with Gasteiger partial charge >= 0.3 is 0 Å². The highest BCUT2D eigenvalue weighted by Gasteiger charge is 2.48. The van der Waals surface area contributed by atoms with E-state index < -0.39 is 43.3 Å². The molecule has 80 valence electrons. The van der Waals surface area contributed by atoms with Crippen LogP contribution in [-0.4, -0.2) is 63.7 Å². The van der Waals surface area contributed by atoms with Crippen molar-refractivity contribution in [2.24, 2.45) is 10.2 Å². The summed E-state index contributed by atoms with van der Waals surface area (Å²) >= 11 is 0. The summed E-state index contributed by atoms with van der Waals surface area (Å²) in [6.45, 7) is -0.422. The molecule has 0 amide bonds. The van der Waals surface area contributed by atoms with Crippen LogP contribution in [0.3, 0.4) is 0 Å². The van der Waals surface area contributed by atoms with Gasteiger partial charge < -0.3 is 25.2 Å². The molecule has 0 aromatic heterocycles. The number of aliphatic hydroxyl groups is 4. The van der Waals surface area contributed by atoms with Crippen molar-refractivity contribution in [2.45, 2.75) is 36.7 Å². The van der Waals surface area contributed by atoms with Crippen molar-refractivity contribution in [2.75, 3.05) is 6.61 Å². The monoisotopic (exact) mass is 204 g/mol. The van der Waals surface area contributed by atoms with Gasteiger partial charge in [-0.1, -0.05) is 0 Å². The molecule has 0 aliphatic carbocycles. The van der Waals surface area contributed by atoms with Gasteiger partial charge in [0.15, 0.2) is 0 Å². The molecule has 7 heteroatoms. The third-order valence-corrected chi connectivity index (χ3v) is 2.47. The van der Waals surface area contributed by atoms with Gasteiger partial charge in [0.25, 0.3) is 0 Å². The first-order valence-corrected chi connectivity index (χ1v) is 4.35. The maximum Gasteiger partial charge on any atom is 0.209 e. The van der Waals surface area contributed by atoms with Crippen LogP contribution in [0.4, 0.5) is 0 Å². The van der Waals surface area contributed by atoms with Crippen LogP contribution in [0.5, 0.6) is 0 Å². The Balaban J connectivity index is 2.06. The number of hydrogen-bond acceptors (Lipinski definition) is 7. The molecule has 7 nitrogen and oxygen atoms in total. The van der Waals surface area contributed by atoms with Crippen LogP contribution in [0, 0.1) is 0 Å². The summed E-state index contributed by atoms with van der Waals surface area (Å²) in [7, 11) is 0. The van der Waals surface area contributed by atoms with E-state index in [0.717, 1.165) is 0 Å². The van der Waals surface area contributed by atoms with Gasteiger partial charge in [-0.25, -0.2) is 0 Å². The van der Waals surface area contributed by atoms with E-state index in [0.29, 0.717) is 0 Å². The molecule has 0 aromatic carbocycles. The smallest absolute Gasteiger partial charge is 0.209 e. The highest BCUT2D eigenvalue weighted by Crippen LogP contribution is 2.29. The van der Waals surface area contributed by atoms with Gasteiger partial charge in [-0.15, -0.1) is 0 Å². The van der Waals surface area contributed by atoms with Crippen molar-refractivity contribution in [1.29, 1.82) is 0 Å². The lowest BCUT2D eigenvalue weighted by molar-refractivity contribution is -0.229. The van der Waals surface area contributed by atoms with Gasteiger partial charge in [0.2, 0.25) is 6.17 Å². The molecule has 2 aliphatic rings. The van der Waals surface area contributed by atoms with Crippen LogP contribution in [0.1, 0.15) is 0 Å². The number of hydrogen-bond donors (Lipinski definition) is 4. The standard InChI is InChI=1S/C7H12N2O5/c10-1-2-3(11)4(12)5(13)6(14-2)7-8-9-7/h2-7,10-13H,1H2/t2-,3-,4+,5-,6?/m1/s1. The molecule has 0 aromatic rings. The molecular formula is C7H12N2O5. The molecule has 2 aliphatic heterocycles. The van der Waals surface area contributed by atoms with E-state index >= 15 is 0 Å². The zero-order valence-electron chi connectivity index (χ0n) is 7.26. The second-order valence-electron chi connectivity index (χ2n) is 3.44. The van der Waals surface area contributed by atoms with Gasteiger partial charge in [0.1, 0.15) is 30.5 Å². The van der Waals surface area contributed by atoms with Gasteiger partial charge in [-0.2, -0.15) is 10.2 Å². The minimum Gasteiger partial charge on any atom is -0.394 e. The highest BCUT2D eigenvalue weighted by molar-refractivity contribution is 4.98. The molecular weight excluding hydrogens is 192 g/mol. The fourth-order valence-corrected chi connectivity index (χ4v) is 1.55. The second-order valence-corrected chi connectivity index (χ2v) is 3.44. The molecule has 0 spiro atoms. The molecule has 2 heterocycles. The van der Waals surface area contributed by atoms with Gasteiger partial charge in [0.05, 0.1) is 6.61 Å². The summed E-state index contributed by atoms with van der Waals surface area (Å²) in [5.74, 6) is 0. The van der Waals surface area contributed by atoms with Crippen LogP contribution in [0.2, 0.25) is 0 Å². The number of aliphatic hydroxyl groups excluding tert-OH is 4.